The molecule has 7 heteroatoms. The highest BCUT2D eigenvalue weighted by molar-refractivity contribution is 5.86. The van der Waals surface area contributed by atoms with Gasteiger partial charge in [0.1, 0.15) is 0 Å². The Morgan fingerprint density at radius 1 is 0.966 bits per heavy atom. The maximum Gasteiger partial charge on any atom is 0.449 e. The second-order valence-corrected chi connectivity index (χ2v) is 7.53. The molecule has 0 saturated heterocycles. The molecule has 1 N–H and O–H groups in total. The van der Waals surface area contributed by atoms with Crippen molar-refractivity contribution in [3.63, 3.8) is 0 Å². The summed E-state index contributed by atoms with van der Waals surface area (Å²) in [6.45, 7) is 6.00. The predicted molar refractivity (Wildman–Crippen MR) is 107 cm³/mol. The topological polar surface area (TPSA) is 43.0 Å². The maximum atomic E-state index is 13.5. The Morgan fingerprint density at radius 2 is 1.66 bits per heavy atom. The zero-order chi connectivity index (χ0) is 20.9. The average Bonchev–Trinajstić information content (AvgIpc) is 3.13. The summed E-state index contributed by atoms with van der Waals surface area (Å²) in [5.41, 5.74) is 4.84. The van der Waals surface area contributed by atoms with Crippen molar-refractivity contribution in [2.75, 3.05) is 0 Å². The number of halogens is 3. The monoisotopic (exact) mass is 401 g/mol. The van der Waals surface area contributed by atoms with E-state index in [0.29, 0.717) is 5.52 Å². The van der Waals surface area contributed by atoms with Crippen LogP contribution < -0.4 is 0 Å². The molecule has 2 aromatic heterocycles. The zero-order valence-electron chi connectivity index (χ0n) is 16.5. The summed E-state index contributed by atoms with van der Waals surface area (Å²) >= 11 is 0. The van der Waals surface area contributed by atoms with Gasteiger partial charge in [-0.15, -0.1) is 0 Å². The van der Waals surface area contributed by atoms with Gasteiger partial charge in [-0.3, -0.25) is 0 Å². The van der Waals surface area contributed by atoms with E-state index in [9.17, 15) is 18.3 Å². The second-order valence-electron chi connectivity index (χ2n) is 7.53. The summed E-state index contributed by atoms with van der Waals surface area (Å²) in [4.78, 5) is 3.75. The molecule has 29 heavy (non-hydrogen) atoms. The highest BCUT2D eigenvalue weighted by atomic mass is 19.4. The predicted octanol–water partition coefficient (Wildman–Crippen LogP) is 5.00. The van der Waals surface area contributed by atoms with Gasteiger partial charge >= 0.3 is 6.18 Å². The van der Waals surface area contributed by atoms with E-state index in [2.05, 4.69) is 11.1 Å². The second kappa shape index (κ2) is 6.91. The molecule has 0 aliphatic carbocycles. The Bertz CT molecular complexity index is 1200. The SMILES string of the molecule is Cc1ccc2c(c1)c(C)c(C)n2C[C@H](O)Cn1c(C(F)(F)F)nc2ccccc21. The minimum Gasteiger partial charge on any atom is -0.389 e. The van der Waals surface area contributed by atoms with Crippen LogP contribution in [0.25, 0.3) is 21.9 Å². The lowest BCUT2D eigenvalue weighted by Gasteiger charge is -2.18. The summed E-state index contributed by atoms with van der Waals surface area (Å²) in [5, 5.41) is 11.8. The molecule has 4 nitrogen and oxygen atoms in total. The smallest absolute Gasteiger partial charge is 0.389 e. The summed E-state index contributed by atoms with van der Waals surface area (Å²) < 4.78 is 43.6. The number of imidazole rings is 1. The van der Waals surface area contributed by atoms with Gasteiger partial charge in [0.15, 0.2) is 0 Å². The lowest BCUT2D eigenvalue weighted by atomic mass is 10.1. The zero-order valence-corrected chi connectivity index (χ0v) is 16.5. The van der Waals surface area contributed by atoms with Crippen molar-refractivity contribution < 1.29 is 18.3 Å². The fraction of sp³-hybridized carbons (Fsp3) is 0.318. The van der Waals surface area contributed by atoms with Crippen molar-refractivity contribution in [3.05, 3.63) is 65.1 Å². The van der Waals surface area contributed by atoms with E-state index in [0.717, 1.165) is 32.3 Å². The Labute approximate surface area is 166 Å². The minimum absolute atomic E-state index is 0.195. The van der Waals surface area contributed by atoms with Crippen molar-refractivity contribution in [1.82, 2.24) is 14.1 Å². The van der Waals surface area contributed by atoms with Crippen LogP contribution in [0.4, 0.5) is 13.2 Å². The normalized spacial score (nSPS) is 13.5. The number of benzene rings is 2. The number of aliphatic hydroxyl groups is 1. The Hall–Kier alpha value is -2.80. The molecule has 0 radical (unpaired) electrons. The van der Waals surface area contributed by atoms with Crippen LogP contribution in [0.2, 0.25) is 0 Å². The molecule has 4 aromatic rings. The van der Waals surface area contributed by atoms with Gasteiger partial charge < -0.3 is 14.2 Å². The molecule has 0 amide bonds. The number of aryl methyl sites for hydroxylation is 2. The number of para-hydroxylation sites is 2. The number of hydrogen-bond donors (Lipinski definition) is 1. The van der Waals surface area contributed by atoms with Crippen molar-refractivity contribution in [2.24, 2.45) is 0 Å². The number of hydrogen-bond acceptors (Lipinski definition) is 2. The van der Waals surface area contributed by atoms with Gasteiger partial charge in [-0.2, -0.15) is 13.2 Å². The molecule has 0 unspecified atom stereocenters. The van der Waals surface area contributed by atoms with E-state index < -0.39 is 18.1 Å². The van der Waals surface area contributed by atoms with E-state index in [1.165, 1.54) is 0 Å². The highest BCUT2D eigenvalue weighted by Gasteiger charge is 2.38. The first-order valence-corrected chi connectivity index (χ1v) is 9.43. The molecule has 0 aliphatic rings. The fourth-order valence-electron chi connectivity index (χ4n) is 3.95. The largest absolute Gasteiger partial charge is 0.449 e. The Balaban J connectivity index is 1.71. The lowest BCUT2D eigenvalue weighted by molar-refractivity contribution is -0.147. The molecule has 2 aromatic carbocycles. The average molecular weight is 401 g/mol. The van der Waals surface area contributed by atoms with E-state index >= 15 is 0 Å². The number of aromatic nitrogens is 3. The quantitative estimate of drug-likeness (QED) is 0.523. The van der Waals surface area contributed by atoms with Crippen molar-refractivity contribution in [2.45, 2.75) is 46.1 Å². The van der Waals surface area contributed by atoms with E-state index in [4.69, 9.17) is 0 Å². The van der Waals surface area contributed by atoms with Gasteiger partial charge in [0.2, 0.25) is 5.82 Å². The van der Waals surface area contributed by atoms with Crippen LogP contribution in [-0.2, 0) is 19.3 Å². The first-order chi connectivity index (χ1) is 13.7. The van der Waals surface area contributed by atoms with Crippen molar-refractivity contribution in [1.29, 1.82) is 0 Å². The van der Waals surface area contributed by atoms with Crippen LogP contribution in [0, 0.1) is 20.8 Å². The fourth-order valence-corrected chi connectivity index (χ4v) is 3.95. The highest BCUT2D eigenvalue weighted by Crippen LogP contribution is 2.32. The molecule has 1 atom stereocenters. The van der Waals surface area contributed by atoms with Gasteiger partial charge in [0.25, 0.3) is 0 Å². The molecule has 152 valence electrons. The van der Waals surface area contributed by atoms with Crippen molar-refractivity contribution >= 4 is 21.9 Å². The number of fused-ring (bicyclic) bond motifs is 2. The van der Waals surface area contributed by atoms with Gasteiger partial charge in [0.05, 0.1) is 30.2 Å². The Kier molecular flexibility index (Phi) is 4.65. The van der Waals surface area contributed by atoms with Crippen LogP contribution >= 0.6 is 0 Å². The molecule has 0 saturated carbocycles. The van der Waals surface area contributed by atoms with E-state index in [1.54, 1.807) is 24.3 Å². The maximum absolute atomic E-state index is 13.5. The summed E-state index contributed by atoms with van der Waals surface area (Å²) in [7, 11) is 0. The molecular weight excluding hydrogens is 379 g/mol. The van der Waals surface area contributed by atoms with Gasteiger partial charge in [-0.25, -0.2) is 4.98 Å². The third-order valence-electron chi connectivity index (χ3n) is 5.49. The first-order valence-electron chi connectivity index (χ1n) is 9.43. The molecule has 0 fully saturated rings. The third kappa shape index (κ3) is 3.40. The molecule has 0 aliphatic heterocycles. The number of aliphatic hydroxyl groups excluding tert-OH is 1. The molecule has 0 bridgehead atoms. The summed E-state index contributed by atoms with van der Waals surface area (Å²) in [5.74, 6) is -0.987. The number of nitrogens with zero attached hydrogens (tertiary/aromatic N) is 3. The summed E-state index contributed by atoms with van der Waals surface area (Å²) in [6.07, 6.45) is -5.60. The standard InChI is InChI=1S/C22H22F3N3O/c1-13-8-9-19-17(10-13)14(2)15(3)27(19)11-16(29)12-28-20-7-5-4-6-18(20)26-21(28)22(23,24)25/h4-10,16,29H,11-12H2,1-3H3/t16-/m0/s1. The van der Waals surface area contributed by atoms with Gasteiger partial charge in [-0.05, 0) is 50.6 Å². The van der Waals surface area contributed by atoms with Crippen LogP contribution in [-0.4, -0.2) is 25.3 Å². The van der Waals surface area contributed by atoms with Crippen molar-refractivity contribution in [3.8, 4) is 0 Å². The molecule has 0 spiro atoms. The first kappa shape index (κ1) is 19.5. The minimum atomic E-state index is -4.59. The van der Waals surface area contributed by atoms with E-state index in [-0.39, 0.29) is 18.6 Å². The summed E-state index contributed by atoms with van der Waals surface area (Å²) in [6, 6.07) is 12.5. The number of rotatable bonds is 4. The van der Waals surface area contributed by atoms with Crippen LogP contribution in [0.3, 0.4) is 0 Å². The third-order valence-corrected chi connectivity index (χ3v) is 5.49. The van der Waals surface area contributed by atoms with E-state index in [1.807, 2.05) is 37.5 Å². The molecular formula is C22H22F3N3O. The van der Waals surface area contributed by atoms with Crippen LogP contribution in [0.15, 0.2) is 42.5 Å². The lowest BCUT2D eigenvalue weighted by Crippen LogP contribution is -2.26. The van der Waals surface area contributed by atoms with Gasteiger partial charge in [-0.1, -0.05) is 23.8 Å². The molecule has 2 heterocycles. The number of alkyl halides is 3. The Morgan fingerprint density at radius 3 is 2.38 bits per heavy atom. The molecule has 4 rings (SSSR count). The van der Waals surface area contributed by atoms with Crippen LogP contribution in [0.1, 0.15) is 22.6 Å². The van der Waals surface area contributed by atoms with Crippen LogP contribution in [0.5, 0.6) is 0 Å². The van der Waals surface area contributed by atoms with Gasteiger partial charge in [0, 0.05) is 16.6 Å².